The van der Waals surface area contributed by atoms with Crippen LogP contribution in [0, 0.1) is 6.92 Å². The Labute approximate surface area is 152 Å². The van der Waals surface area contributed by atoms with Crippen molar-refractivity contribution in [1.82, 2.24) is 9.78 Å². The second-order valence-corrected chi connectivity index (χ2v) is 7.22. The average Bonchev–Trinajstić information content (AvgIpc) is 3.01. The molecule has 0 aliphatic rings. The molecule has 3 rings (SSSR count). The minimum Gasteiger partial charge on any atom is -0.493 e. The molecule has 0 amide bonds. The van der Waals surface area contributed by atoms with Crippen molar-refractivity contribution in [3.63, 3.8) is 0 Å². The first-order valence-electron chi connectivity index (χ1n) is 7.81. The fraction of sp³-hybridized carbons (Fsp3) is 0.167. The Kier molecular flexibility index (Phi) is 4.85. The Morgan fingerprint density at radius 2 is 1.65 bits per heavy atom. The van der Waals surface area contributed by atoms with Gasteiger partial charge in [-0.05, 0) is 31.2 Å². The summed E-state index contributed by atoms with van der Waals surface area (Å²) in [5, 5.41) is 4.36. The lowest BCUT2D eigenvalue weighted by Gasteiger charge is -2.12. The van der Waals surface area contributed by atoms with Crippen LogP contribution in [-0.2, 0) is 10.0 Å². The van der Waals surface area contributed by atoms with Crippen LogP contribution in [0.3, 0.4) is 0 Å². The molecule has 0 radical (unpaired) electrons. The molecule has 0 spiro atoms. The smallest absolute Gasteiger partial charge is 0.263 e. The first-order chi connectivity index (χ1) is 12.4. The molecule has 0 fully saturated rings. The second-order valence-electron chi connectivity index (χ2n) is 5.54. The van der Waals surface area contributed by atoms with Gasteiger partial charge in [-0.2, -0.15) is 5.10 Å². The predicted molar refractivity (Wildman–Crippen MR) is 98.7 cm³/mol. The highest BCUT2D eigenvalue weighted by Gasteiger charge is 2.20. The van der Waals surface area contributed by atoms with E-state index in [-0.39, 0.29) is 4.90 Å². The van der Waals surface area contributed by atoms with Crippen LogP contribution in [0.25, 0.3) is 5.69 Å². The Morgan fingerprint density at radius 3 is 2.31 bits per heavy atom. The maximum absolute atomic E-state index is 12.8. The molecule has 8 heteroatoms. The summed E-state index contributed by atoms with van der Waals surface area (Å²) in [6.07, 6.45) is 0. The number of aromatic nitrogens is 2. The van der Waals surface area contributed by atoms with Crippen LogP contribution in [0.15, 0.2) is 59.5 Å². The molecule has 0 saturated heterocycles. The fourth-order valence-corrected chi connectivity index (χ4v) is 3.57. The van der Waals surface area contributed by atoms with Gasteiger partial charge in [-0.3, -0.25) is 4.72 Å². The third-order valence-corrected chi connectivity index (χ3v) is 5.09. The van der Waals surface area contributed by atoms with E-state index >= 15 is 0 Å². The van der Waals surface area contributed by atoms with Crippen molar-refractivity contribution in [2.75, 3.05) is 18.9 Å². The van der Waals surface area contributed by atoms with Gasteiger partial charge in [-0.15, -0.1) is 0 Å². The zero-order chi connectivity index (χ0) is 18.7. The van der Waals surface area contributed by atoms with Gasteiger partial charge >= 0.3 is 0 Å². The van der Waals surface area contributed by atoms with E-state index in [1.165, 1.54) is 26.4 Å². The van der Waals surface area contributed by atoms with Crippen molar-refractivity contribution in [2.45, 2.75) is 11.8 Å². The normalized spacial score (nSPS) is 11.2. The molecular formula is C18H19N3O4S. The highest BCUT2D eigenvalue weighted by Crippen LogP contribution is 2.30. The Bertz CT molecular complexity index is 1010. The maximum Gasteiger partial charge on any atom is 0.263 e. The van der Waals surface area contributed by atoms with E-state index in [1.807, 2.05) is 30.3 Å². The first kappa shape index (κ1) is 17.8. The van der Waals surface area contributed by atoms with E-state index in [0.717, 1.165) is 5.69 Å². The third kappa shape index (κ3) is 3.50. The van der Waals surface area contributed by atoms with Crippen LogP contribution in [0.4, 0.5) is 5.82 Å². The average molecular weight is 373 g/mol. The molecule has 2 aromatic carbocycles. The van der Waals surface area contributed by atoms with E-state index in [2.05, 4.69) is 9.82 Å². The van der Waals surface area contributed by atoms with Crippen LogP contribution >= 0.6 is 0 Å². The molecule has 136 valence electrons. The van der Waals surface area contributed by atoms with Gasteiger partial charge in [0.15, 0.2) is 11.5 Å². The number of anilines is 1. The van der Waals surface area contributed by atoms with E-state index in [4.69, 9.17) is 9.47 Å². The molecule has 0 bridgehead atoms. The zero-order valence-electron chi connectivity index (χ0n) is 14.6. The summed E-state index contributed by atoms with van der Waals surface area (Å²) in [5.74, 6) is 1.14. The number of para-hydroxylation sites is 1. The van der Waals surface area contributed by atoms with Gasteiger partial charge in [-0.25, -0.2) is 13.1 Å². The third-order valence-electron chi connectivity index (χ3n) is 3.74. The maximum atomic E-state index is 12.8. The minimum absolute atomic E-state index is 0.0635. The summed E-state index contributed by atoms with van der Waals surface area (Å²) in [5.41, 5.74) is 1.45. The lowest BCUT2D eigenvalue weighted by atomic mass is 10.3. The van der Waals surface area contributed by atoms with Crippen molar-refractivity contribution in [2.24, 2.45) is 0 Å². The Morgan fingerprint density at radius 1 is 0.962 bits per heavy atom. The Hall–Kier alpha value is -3.00. The molecule has 0 aliphatic carbocycles. The molecule has 0 atom stereocenters. The lowest BCUT2D eigenvalue weighted by molar-refractivity contribution is 0.354. The fourth-order valence-electron chi connectivity index (χ4n) is 2.52. The number of nitrogens with zero attached hydrogens (tertiary/aromatic N) is 2. The number of aryl methyl sites for hydroxylation is 1. The van der Waals surface area contributed by atoms with Crippen LogP contribution < -0.4 is 14.2 Å². The highest BCUT2D eigenvalue weighted by atomic mass is 32.2. The number of rotatable bonds is 6. The van der Waals surface area contributed by atoms with E-state index < -0.39 is 10.0 Å². The van der Waals surface area contributed by atoms with Crippen molar-refractivity contribution in [3.8, 4) is 17.2 Å². The van der Waals surface area contributed by atoms with Crippen LogP contribution in [0.5, 0.6) is 11.5 Å². The monoisotopic (exact) mass is 373 g/mol. The molecule has 0 saturated carbocycles. The molecule has 1 N–H and O–H groups in total. The van der Waals surface area contributed by atoms with E-state index in [0.29, 0.717) is 23.0 Å². The molecule has 3 aromatic rings. The van der Waals surface area contributed by atoms with E-state index in [1.54, 1.807) is 23.7 Å². The topological polar surface area (TPSA) is 82.5 Å². The lowest BCUT2D eigenvalue weighted by Crippen LogP contribution is -2.16. The van der Waals surface area contributed by atoms with Gasteiger partial charge in [0.25, 0.3) is 10.0 Å². The van der Waals surface area contributed by atoms with E-state index in [9.17, 15) is 8.42 Å². The molecule has 26 heavy (non-hydrogen) atoms. The van der Waals surface area contributed by atoms with Gasteiger partial charge < -0.3 is 9.47 Å². The predicted octanol–water partition coefficient (Wildman–Crippen LogP) is 3.00. The SMILES string of the molecule is COc1ccc(S(=O)(=O)Nc2cc(C)nn2-c2ccccc2)cc1OC. The van der Waals surface area contributed by atoms with Crippen molar-refractivity contribution in [3.05, 3.63) is 60.3 Å². The number of hydrogen-bond acceptors (Lipinski definition) is 5. The standard InChI is InChI=1S/C18H19N3O4S/c1-13-11-18(21(19-13)14-7-5-4-6-8-14)20-26(22,23)15-9-10-16(24-2)17(12-15)25-3/h4-12,20H,1-3H3. The first-order valence-corrected chi connectivity index (χ1v) is 9.30. The van der Waals surface area contributed by atoms with Gasteiger partial charge in [0.2, 0.25) is 0 Å². The van der Waals surface area contributed by atoms with Crippen molar-refractivity contribution >= 4 is 15.8 Å². The molecule has 0 aliphatic heterocycles. The molecule has 1 heterocycles. The van der Waals surface area contributed by atoms with Crippen molar-refractivity contribution < 1.29 is 17.9 Å². The van der Waals surface area contributed by atoms with Crippen LogP contribution in [0.1, 0.15) is 5.69 Å². The number of benzene rings is 2. The summed E-state index contributed by atoms with van der Waals surface area (Å²) < 4.78 is 40.1. The number of methoxy groups -OCH3 is 2. The number of nitrogens with one attached hydrogen (secondary N) is 1. The highest BCUT2D eigenvalue weighted by molar-refractivity contribution is 7.92. The van der Waals surface area contributed by atoms with Gasteiger partial charge in [0.05, 0.1) is 30.5 Å². The summed E-state index contributed by atoms with van der Waals surface area (Å²) in [7, 11) is -0.889. The van der Waals surface area contributed by atoms with Crippen molar-refractivity contribution in [1.29, 1.82) is 0 Å². The Balaban J connectivity index is 1.99. The van der Waals surface area contributed by atoms with Gasteiger partial charge in [0, 0.05) is 12.1 Å². The molecule has 1 aromatic heterocycles. The summed E-state index contributed by atoms with van der Waals surface area (Å²) in [4.78, 5) is 0.0635. The summed E-state index contributed by atoms with van der Waals surface area (Å²) in [6, 6.07) is 15.4. The summed E-state index contributed by atoms with van der Waals surface area (Å²) >= 11 is 0. The van der Waals surface area contributed by atoms with Crippen LogP contribution in [-0.4, -0.2) is 32.4 Å². The molecule has 0 unspecified atom stereocenters. The minimum atomic E-state index is -3.83. The number of hydrogen-bond donors (Lipinski definition) is 1. The van der Waals surface area contributed by atoms with Gasteiger partial charge in [-0.1, -0.05) is 18.2 Å². The van der Waals surface area contributed by atoms with Crippen LogP contribution in [0.2, 0.25) is 0 Å². The van der Waals surface area contributed by atoms with Gasteiger partial charge in [0.1, 0.15) is 5.82 Å². The molecular weight excluding hydrogens is 354 g/mol. The second kappa shape index (κ2) is 7.09. The number of ether oxygens (including phenoxy) is 2. The summed E-state index contributed by atoms with van der Waals surface area (Å²) in [6.45, 7) is 1.80. The zero-order valence-corrected chi connectivity index (χ0v) is 15.4. The number of sulfonamides is 1. The molecule has 7 nitrogen and oxygen atoms in total. The quantitative estimate of drug-likeness (QED) is 0.718. The largest absolute Gasteiger partial charge is 0.493 e.